The first-order chi connectivity index (χ1) is 9.07. The molecule has 0 aliphatic carbocycles. The third-order valence-electron chi connectivity index (χ3n) is 4.06. The fourth-order valence-corrected chi connectivity index (χ4v) is 3.91. The number of thiophene rings is 1. The fourth-order valence-electron chi connectivity index (χ4n) is 2.77. The Balaban J connectivity index is 2.04. The predicted octanol–water partition coefficient (Wildman–Crippen LogP) is 3.14. The topological polar surface area (TPSA) is 32.3 Å². The summed E-state index contributed by atoms with van der Waals surface area (Å²) in [6.45, 7) is 4.67. The maximum Gasteiger partial charge on any atom is 0.228 e. The van der Waals surface area contributed by atoms with Gasteiger partial charge < -0.3 is 10.2 Å². The van der Waals surface area contributed by atoms with E-state index in [2.05, 4.69) is 12.2 Å². The number of nitrogens with one attached hydrogen (secondary N) is 1. The Hall–Kier alpha value is -0.580. The van der Waals surface area contributed by atoms with E-state index in [1.165, 1.54) is 0 Å². The Kier molecular flexibility index (Phi) is 4.87. The minimum Gasteiger partial charge on any atom is -0.340 e. The van der Waals surface area contributed by atoms with E-state index in [9.17, 15) is 4.79 Å². The summed E-state index contributed by atoms with van der Waals surface area (Å²) in [5.41, 5.74) is -0.166. The summed E-state index contributed by atoms with van der Waals surface area (Å²) in [6.07, 6.45) is 2.80. The third kappa shape index (κ3) is 3.30. The molecule has 0 unspecified atom stereocenters. The highest BCUT2D eigenvalue weighted by Crippen LogP contribution is 2.35. The number of rotatable bonds is 4. The number of piperidine rings is 1. The smallest absolute Gasteiger partial charge is 0.228 e. The maximum absolute atomic E-state index is 12.7. The van der Waals surface area contributed by atoms with Crippen LogP contribution in [0.1, 0.15) is 31.1 Å². The molecule has 2 heterocycles. The van der Waals surface area contributed by atoms with Crippen molar-refractivity contribution in [1.82, 2.24) is 10.2 Å². The molecular formula is C14H21ClN2OS. The van der Waals surface area contributed by atoms with Crippen molar-refractivity contribution < 1.29 is 4.79 Å². The Labute approximate surface area is 123 Å². The summed E-state index contributed by atoms with van der Waals surface area (Å²) >= 11 is 7.48. The summed E-state index contributed by atoms with van der Waals surface area (Å²) < 4.78 is 0.780. The number of nitrogens with zero attached hydrogens (tertiary/aromatic N) is 1. The normalized spacial score (nSPS) is 18.3. The molecule has 1 fully saturated rings. The Morgan fingerprint density at radius 2 is 2.16 bits per heavy atom. The first-order valence-electron chi connectivity index (χ1n) is 6.78. The van der Waals surface area contributed by atoms with Crippen LogP contribution >= 0.6 is 22.9 Å². The van der Waals surface area contributed by atoms with Crippen LogP contribution in [0.5, 0.6) is 0 Å². The minimum absolute atomic E-state index is 0.166. The molecule has 1 N–H and O–H groups in total. The lowest BCUT2D eigenvalue weighted by Gasteiger charge is -2.38. The van der Waals surface area contributed by atoms with Gasteiger partial charge >= 0.3 is 0 Å². The average molecular weight is 301 g/mol. The second-order valence-corrected chi connectivity index (χ2v) is 7.05. The highest BCUT2D eigenvalue weighted by atomic mass is 35.5. The van der Waals surface area contributed by atoms with E-state index in [1.54, 1.807) is 11.3 Å². The predicted molar refractivity (Wildman–Crippen MR) is 80.6 cm³/mol. The largest absolute Gasteiger partial charge is 0.340 e. The van der Waals surface area contributed by atoms with E-state index in [0.29, 0.717) is 6.54 Å². The van der Waals surface area contributed by atoms with Crippen molar-refractivity contribution in [1.29, 1.82) is 0 Å². The minimum atomic E-state index is -0.166. The molecule has 0 atom stereocenters. The van der Waals surface area contributed by atoms with Gasteiger partial charge in [-0.1, -0.05) is 18.5 Å². The van der Waals surface area contributed by atoms with Crippen molar-refractivity contribution in [3.8, 4) is 0 Å². The van der Waals surface area contributed by atoms with Crippen LogP contribution in [0.2, 0.25) is 4.34 Å². The number of halogens is 1. The van der Waals surface area contributed by atoms with Gasteiger partial charge in [-0.3, -0.25) is 4.79 Å². The molecule has 2 rings (SSSR count). The zero-order valence-electron chi connectivity index (χ0n) is 11.5. The van der Waals surface area contributed by atoms with Crippen LogP contribution in [-0.2, 0) is 11.3 Å². The molecule has 0 radical (unpaired) electrons. The summed E-state index contributed by atoms with van der Waals surface area (Å²) in [5.74, 6) is 0.279. The number of amides is 1. The molecule has 1 saturated heterocycles. The van der Waals surface area contributed by atoms with Crippen molar-refractivity contribution >= 4 is 28.8 Å². The molecule has 1 aliphatic heterocycles. The highest BCUT2D eigenvalue weighted by molar-refractivity contribution is 7.16. The molecule has 3 nitrogen and oxygen atoms in total. The van der Waals surface area contributed by atoms with Crippen LogP contribution in [0.25, 0.3) is 0 Å². The van der Waals surface area contributed by atoms with E-state index in [-0.39, 0.29) is 11.3 Å². The highest BCUT2D eigenvalue weighted by Gasteiger charge is 2.39. The standard InChI is InChI=1S/C14H21ClN2OS/c1-3-14(6-8-16-9-7-14)13(18)17(2)10-11-4-5-12(15)19-11/h4-5,16H,3,6-10H2,1-2H3. The Bertz CT molecular complexity index is 440. The van der Waals surface area contributed by atoms with Crippen molar-refractivity contribution in [3.05, 3.63) is 21.3 Å². The van der Waals surface area contributed by atoms with Crippen LogP contribution in [0, 0.1) is 5.41 Å². The second kappa shape index (κ2) is 6.25. The number of hydrogen-bond donors (Lipinski definition) is 1. The molecule has 0 saturated carbocycles. The van der Waals surface area contributed by atoms with E-state index in [1.807, 2.05) is 24.1 Å². The van der Waals surface area contributed by atoms with Crippen LogP contribution in [0.3, 0.4) is 0 Å². The van der Waals surface area contributed by atoms with E-state index in [0.717, 1.165) is 41.6 Å². The SMILES string of the molecule is CCC1(C(=O)N(C)Cc2ccc(Cl)s2)CCNCC1. The van der Waals surface area contributed by atoms with Crippen molar-refractivity contribution in [2.45, 2.75) is 32.7 Å². The lowest BCUT2D eigenvalue weighted by Crippen LogP contribution is -2.47. The van der Waals surface area contributed by atoms with Gasteiger partial charge in [0.25, 0.3) is 0 Å². The number of carbonyl (C=O) groups excluding carboxylic acids is 1. The summed E-state index contributed by atoms with van der Waals surface area (Å²) in [5, 5.41) is 3.33. The molecule has 19 heavy (non-hydrogen) atoms. The lowest BCUT2D eigenvalue weighted by molar-refractivity contribution is -0.143. The molecule has 5 heteroatoms. The van der Waals surface area contributed by atoms with Crippen LogP contribution in [0.15, 0.2) is 12.1 Å². The van der Waals surface area contributed by atoms with Gasteiger partial charge in [0.2, 0.25) is 5.91 Å². The molecule has 0 spiro atoms. The third-order valence-corrected chi connectivity index (χ3v) is 5.28. The Morgan fingerprint density at radius 1 is 1.47 bits per heavy atom. The maximum atomic E-state index is 12.7. The van der Waals surface area contributed by atoms with Gasteiger partial charge in [-0.25, -0.2) is 0 Å². The monoisotopic (exact) mass is 300 g/mol. The zero-order chi connectivity index (χ0) is 13.9. The number of hydrogen-bond acceptors (Lipinski definition) is 3. The molecule has 1 amide bonds. The second-order valence-electron chi connectivity index (χ2n) is 5.25. The van der Waals surface area contributed by atoms with Crippen molar-refractivity contribution in [2.75, 3.05) is 20.1 Å². The van der Waals surface area contributed by atoms with Gasteiger partial charge in [0.15, 0.2) is 0 Å². The van der Waals surface area contributed by atoms with Gasteiger partial charge in [0, 0.05) is 11.9 Å². The van der Waals surface area contributed by atoms with Gasteiger partial charge in [-0.2, -0.15) is 0 Å². The van der Waals surface area contributed by atoms with Gasteiger partial charge in [-0.15, -0.1) is 11.3 Å². The summed E-state index contributed by atoms with van der Waals surface area (Å²) in [6, 6.07) is 3.89. The molecule has 0 aromatic carbocycles. The first kappa shape index (κ1) is 14.8. The molecule has 1 aliphatic rings. The summed E-state index contributed by atoms with van der Waals surface area (Å²) in [7, 11) is 1.90. The van der Waals surface area contributed by atoms with Crippen molar-refractivity contribution in [2.24, 2.45) is 5.41 Å². The number of carbonyl (C=O) groups is 1. The quantitative estimate of drug-likeness (QED) is 0.926. The summed E-state index contributed by atoms with van der Waals surface area (Å²) in [4.78, 5) is 15.7. The lowest BCUT2D eigenvalue weighted by atomic mass is 9.75. The molecule has 1 aromatic heterocycles. The average Bonchev–Trinajstić information content (AvgIpc) is 2.84. The Morgan fingerprint density at radius 3 is 2.68 bits per heavy atom. The van der Waals surface area contributed by atoms with Gasteiger partial charge in [-0.05, 0) is 44.5 Å². The molecular weight excluding hydrogens is 280 g/mol. The van der Waals surface area contributed by atoms with Gasteiger partial charge in [0.1, 0.15) is 0 Å². The molecule has 106 valence electrons. The van der Waals surface area contributed by atoms with E-state index in [4.69, 9.17) is 11.6 Å². The van der Waals surface area contributed by atoms with Gasteiger partial charge in [0.05, 0.1) is 16.3 Å². The fraction of sp³-hybridized carbons (Fsp3) is 0.643. The van der Waals surface area contributed by atoms with Crippen LogP contribution in [-0.4, -0.2) is 30.9 Å². The zero-order valence-corrected chi connectivity index (χ0v) is 13.1. The van der Waals surface area contributed by atoms with Crippen LogP contribution < -0.4 is 5.32 Å². The van der Waals surface area contributed by atoms with Crippen LogP contribution in [0.4, 0.5) is 0 Å². The molecule has 1 aromatic rings. The van der Waals surface area contributed by atoms with E-state index < -0.39 is 0 Å². The van der Waals surface area contributed by atoms with E-state index >= 15 is 0 Å². The molecule has 0 bridgehead atoms. The first-order valence-corrected chi connectivity index (χ1v) is 7.97. The van der Waals surface area contributed by atoms with Crippen molar-refractivity contribution in [3.63, 3.8) is 0 Å².